The number of amides is 1. The lowest BCUT2D eigenvalue weighted by molar-refractivity contribution is 0.0828. The molecule has 0 fully saturated rings. The molecule has 8 nitrogen and oxygen atoms in total. The van der Waals surface area contributed by atoms with Crippen LogP contribution >= 0.6 is 22.9 Å². The second kappa shape index (κ2) is 7.69. The van der Waals surface area contributed by atoms with Crippen molar-refractivity contribution in [2.24, 2.45) is 0 Å². The maximum atomic E-state index is 12.3. The molecule has 1 amide bonds. The first-order valence-corrected chi connectivity index (χ1v) is 9.71. The van der Waals surface area contributed by atoms with E-state index in [4.69, 9.17) is 20.8 Å². The van der Waals surface area contributed by atoms with Gasteiger partial charge in [-0.05, 0) is 30.3 Å². The van der Waals surface area contributed by atoms with E-state index < -0.39 is 0 Å². The number of hydrogen-bond donors (Lipinski definition) is 1. The fourth-order valence-electron chi connectivity index (χ4n) is 2.69. The molecule has 0 spiro atoms. The minimum atomic E-state index is -0.210. The van der Waals surface area contributed by atoms with E-state index in [1.165, 1.54) is 16.2 Å². The third-order valence-corrected chi connectivity index (χ3v) is 5.36. The van der Waals surface area contributed by atoms with Crippen LogP contribution in [0.5, 0.6) is 5.75 Å². The number of thiazole rings is 1. The van der Waals surface area contributed by atoms with Crippen LogP contribution in [0.2, 0.25) is 5.02 Å². The molecule has 0 radical (unpaired) electrons. The Morgan fingerprint density at radius 1 is 1.24 bits per heavy atom. The number of methoxy groups -OCH3 is 1. The number of aromatic nitrogens is 3. The number of fused-ring (bicyclic) bond motifs is 1. The summed E-state index contributed by atoms with van der Waals surface area (Å²) in [7, 11) is 4.92. The molecule has 4 aromatic rings. The topological polar surface area (TPSA) is 93.4 Å². The number of rotatable bonds is 5. The molecule has 10 heteroatoms. The highest BCUT2D eigenvalue weighted by molar-refractivity contribution is 7.22. The van der Waals surface area contributed by atoms with Crippen LogP contribution < -0.4 is 10.1 Å². The molecule has 29 heavy (non-hydrogen) atoms. The normalized spacial score (nSPS) is 10.9. The quantitative estimate of drug-likeness (QED) is 0.500. The van der Waals surface area contributed by atoms with Gasteiger partial charge in [-0.1, -0.05) is 34.1 Å². The minimum Gasteiger partial charge on any atom is -0.494 e. The van der Waals surface area contributed by atoms with Crippen LogP contribution in [0.15, 0.2) is 40.8 Å². The first-order chi connectivity index (χ1) is 14.0. The van der Waals surface area contributed by atoms with E-state index in [1.54, 1.807) is 39.4 Å². The van der Waals surface area contributed by atoms with Gasteiger partial charge in [0.1, 0.15) is 11.3 Å². The van der Waals surface area contributed by atoms with Crippen molar-refractivity contribution in [3.8, 4) is 17.2 Å². The minimum absolute atomic E-state index is 0.188. The standard InChI is InChI=1S/C19H16ClN5O3S/c1-25(2)17(26)11-9-10(7-8-12(11)20)16-23-24-18(28-16)22-19-21-15-13(27-3)5-4-6-14(15)29-19/h4-9H,1-3H3,(H,21,22,24). The van der Waals surface area contributed by atoms with Gasteiger partial charge in [0.2, 0.25) is 5.89 Å². The molecule has 0 aliphatic carbocycles. The van der Waals surface area contributed by atoms with Gasteiger partial charge in [0.05, 0.1) is 22.4 Å². The Morgan fingerprint density at radius 3 is 2.83 bits per heavy atom. The first-order valence-electron chi connectivity index (χ1n) is 8.52. The Bertz CT molecular complexity index is 1200. The van der Waals surface area contributed by atoms with E-state index in [0.717, 1.165) is 10.2 Å². The van der Waals surface area contributed by atoms with Gasteiger partial charge in [0.15, 0.2) is 5.13 Å². The van der Waals surface area contributed by atoms with Crippen molar-refractivity contribution in [2.75, 3.05) is 26.5 Å². The third-order valence-electron chi connectivity index (χ3n) is 4.09. The van der Waals surface area contributed by atoms with E-state index in [2.05, 4.69) is 20.5 Å². The van der Waals surface area contributed by atoms with E-state index >= 15 is 0 Å². The van der Waals surface area contributed by atoms with Gasteiger partial charge in [-0.15, -0.1) is 5.10 Å². The van der Waals surface area contributed by atoms with Gasteiger partial charge in [0, 0.05) is 19.7 Å². The summed E-state index contributed by atoms with van der Waals surface area (Å²) in [5.74, 6) is 0.742. The van der Waals surface area contributed by atoms with E-state index in [0.29, 0.717) is 27.0 Å². The maximum Gasteiger partial charge on any atom is 0.322 e. The summed E-state index contributed by atoms with van der Waals surface area (Å²) in [5.41, 5.74) is 1.71. The van der Waals surface area contributed by atoms with Crippen molar-refractivity contribution in [1.82, 2.24) is 20.1 Å². The molecule has 0 bridgehead atoms. The van der Waals surface area contributed by atoms with Crippen molar-refractivity contribution in [2.45, 2.75) is 0 Å². The number of carbonyl (C=O) groups excluding carboxylic acids is 1. The van der Waals surface area contributed by atoms with Crippen molar-refractivity contribution >= 4 is 50.2 Å². The molecule has 0 saturated heterocycles. The predicted octanol–water partition coefficient (Wildman–Crippen LogP) is 4.45. The van der Waals surface area contributed by atoms with Crippen LogP contribution in [-0.4, -0.2) is 47.2 Å². The number of anilines is 2. The van der Waals surface area contributed by atoms with Crippen molar-refractivity contribution in [1.29, 1.82) is 0 Å². The van der Waals surface area contributed by atoms with Gasteiger partial charge >= 0.3 is 6.01 Å². The summed E-state index contributed by atoms with van der Waals surface area (Å²) in [6.45, 7) is 0. The molecule has 2 aromatic carbocycles. The van der Waals surface area contributed by atoms with Gasteiger partial charge in [-0.3, -0.25) is 10.1 Å². The maximum absolute atomic E-state index is 12.3. The molecule has 1 N–H and O–H groups in total. The molecule has 0 saturated carbocycles. The smallest absolute Gasteiger partial charge is 0.322 e. The lowest BCUT2D eigenvalue weighted by Crippen LogP contribution is -2.22. The van der Waals surface area contributed by atoms with Gasteiger partial charge in [0.25, 0.3) is 5.91 Å². The fraction of sp³-hybridized carbons (Fsp3) is 0.158. The van der Waals surface area contributed by atoms with Crippen molar-refractivity contribution in [3.63, 3.8) is 0 Å². The molecule has 0 atom stereocenters. The summed E-state index contributed by atoms with van der Waals surface area (Å²) in [6, 6.07) is 10.9. The number of para-hydroxylation sites is 1. The zero-order valence-electron chi connectivity index (χ0n) is 15.8. The third kappa shape index (κ3) is 3.74. The number of nitrogens with zero attached hydrogens (tertiary/aromatic N) is 4. The van der Waals surface area contributed by atoms with E-state index in [9.17, 15) is 4.79 Å². The number of halogens is 1. The van der Waals surface area contributed by atoms with Gasteiger partial charge in [-0.2, -0.15) is 0 Å². The molecule has 2 heterocycles. The Kier molecular flexibility index (Phi) is 5.08. The van der Waals surface area contributed by atoms with Crippen molar-refractivity contribution in [3.05, 3.63) is 47.0 Å². The number of ether oxygens (including phenoxy) is 1. The predicted molar refractivity (Wildman–Crippen MR) is 112 cm³/mol. The van der Waals surface area contributed by atoms with Gasteiger partial charge in [-0.25, -0.2) is 4.98 Å². The number of carbonyl (C=O) groups is 1. The Hall–Kier alpha value is -3.17. The molecule has 0 aliphatic heterocycles. The van der Waals surface area contributed by atoms with Crippen LogP contribution in [0.25, 0.3) is 21.7 Å². The Balaban J connectivity index is 1.61. The van der Waals surface area contributed by atoms with Crippen LogP contribution in [0.3, 0.4) is 0 Å². The summed E-state index contributed by atoms with van der Waals surface area (Å²) >= 11 is 7.60. The SMILES string of the molecule is COc1cccc2sc(Nc3nnc(-c4ccc(Cl)c(C(=O)N(C)C)c4)o3)nc12. The Morgan fingerprint density at radius 2 is 2.07 bits per heavy atom. The molecule has 4 rings (SSSR count). The van der Waals surface area contributed by atoms with Crippen LogP contribution in [0, 0.1) is 0 Å². The largest absolute Gasteiger partial charge is 0.494 e. The second-order valence-electron chi connectivity index (χ2n) is 6.26. The monoisotopic (exact) mass is 429 g/mol. The highest BCUT2D eigenvalue weighted by Gasteiger charge is 2.17. The second-order valence-corrected chi connectivity index (χ2v) is 7.70. The lowest BCUT2D eigenvalue weighted by Gasteiger charge is -2.11. The summed E-state index contributed by atoms with van der Waals surface area (Å²) < 4.78 is 12.0. The Labute approximate surface area is 175 Å². The van der Waals surface area contributed by atoms with Crippen LogP contribution in [0.4, 0.5) is 11.1 Å². The molecule has 148 valence electrons. The fourth-order valence-corrected chi connectivity index (χ4v) is 3.76. The van der Waals surface area contributed by atoms with Gasteiger partial charge < -0.3 is 14.1 Å². The molecular weight excluding hydrogens is 414 g/mol. The average Bonchev–Trinajstić information content (AvgIpc) is 3.34. The summed E-state index contributed by atoms with van der Waals surface area (Å²) in [4.78, 5) is 18.2. The highest BCUT2D eigenvalue weighted by Crippen LogP contribution is 2.34. The van der Waals surface area contributed by atoms with Crippen LogP contribution in [-0.2, 0) is 0 Å². The zero-order chi connectivity index (χ0) is 20.5. The molecule has 2 aromatic heterocycles. The first kappa shape index (κ1) is 19.2. The number of hydrogen-bond acceptors (Lipinski definition) is 8. The van der Waals surface area contributed by atoms with E-state index in [-0.39, 0.29) is 17.8 Å². The molecule has 0 unspecified atom stereocenters. The molecule has 0 aliphatic rings. The summed E-state index contributed by atoms with van der Waals surface area (Å²) in [6.07, 6.45) is 0. The van der Waals surface area contributed by atoms with E-state index in [1.807, 2.05) is 18.2 Å². The number of nitrogens with one attached hydrogen (secondary N) is 1. The van der Waals surface area contributed by atoms with Crippen LogP contribution in [0.1, 0.15) is 10.4 Å². The average molecular weight is 430 g/mol. The zero-order valence-corrected chi connectivity index (χ0v) is 17.3. The number of benzene rings is 2. The molecular formula is C19H16ClN5O3S. The lowest BCUT2D eigenvalue weighted by atomic mass is 10.1. The highest BCUT2D eigenvalue weighted by atomic mass is 35.5. The van der Waals surface area contributed by atoms with Crippen molar-refractivity contribution < 1.29 is 13.9 Å². The summed E-state index contributed by atoms with van der Waals surface area (Å²) in [5, 5.41) is 12.0.